The van der Waals surface area contributed by atoms with Gasteiger partial charge >= 0.3 is 6.09 Å². The summed E-state index contributed by atoms with van der Waals surface area (Å²) in [5, 5.41) is 13.8. The Labute approximate surface area is 226 Å². The van der Waals surface area contributed by atoms with E-state index in [2.05, 4.69) is 30.8 Å². The van der Waals surface area contributed by atoms with E-state index in [1.165, 1.54) is 30.3 Å². The number of carbonyl (C=O) groups is 2. The highest BCUT2D eigenvalue weighted by Crippen LogP contribution is 2.44. The summed E-state index contributed by atoms with van der Waals surface area (Å²) in [6.07, 6.45) is 5.75. The number of rotatable bonds is 5. The number of benzene rings is 2. The third-order valence-corrected chi connectivity index (χ3v) is 7.34. The van der Waals surface area contributed by atoms with Crippen LogP contribution in [0.25, 0.3) is 22.5 Å². The Kier molecular flexibility index (Phi) is 6.31. The smallest absolute Gasteiger partial charge is 0.411 e. The molecule has 2 atom stereocenters. The fraction of sp³-hybridized carbons (Fsp3) is 0.231. The van der Waals surface area contributed by atoms with Crippen LogP contribution in [0.3, 0.4) is 0 Å². The molecule has 13 heteroatoms. The number of carbonyl (C=O) groups excluding carboxylic acids is 2. The van der Waals surface area contributed by atoms with Crippen LogP contribution in [-0.2, 0) is 9.53 Å². The summed E-state index contributed by atoms with van der Waals surface area (Å²) < 4.78 is 21.4. The molecule has 2 aromatic carbocycles. The number of halogens is 2. The van der Waals surface area contributed by atoms with Gasteiger partial charge in [0, 0.05) is 23.2 Å². The SMILES string of the molecule is COC(=O)Nc1ccccc1-c1cnc([C@@H]2CC[C@@H]3CC(c4c(-n5cnnn5)ccc(Cl)c4F)=CC(=O)N32)[nH]1. The summed E-state index contributed by atoms with van der Waals surface area (Å²) >= 11 is 6.12. The third-order valence-electron chi connectivity index (χ3n) is 7.05. The quantitative estimate of drug-likeness (QED) is 0.374. The number of anilines is 1. The summed E-state index contributed by atoms with van der Waals surface area (Å²) in [6.45, 7) is 0. The minimum Gasteiger partial charge on any atom is -0.453 e. The van der Waals surface area contributed by atoms with Crippen molar-refractivity contribution in [3.63, 3.8) is 0 Å². The van der Waals surface area contributed by atoms with Gasteiger partial charge in [-0.2, -0.15) is 4.68 Å². The van der Waals surface area contributed by atoms with Gasteiger partial charge in [0.1, 0.15) is 12.2 Å². The molecule has 2 aliphatic rings. The topological polar surface area (TPSA) is 131 Å². The maximum Gasteiger partial charge on any atom is 0.411 e. The number of hydrogen-bond donors (Lipinski definition) is 2. The molecule has 4 aromatic rings. The standard InChI is InChI=1S/C26H22ClFN8O3/c1-39-26(38)32-18-5-3-2-4-16(18)19-12-29-25(31-19)21-8-6-15-10-14(11-22(37)36(15)21)23-20(35-13-30-33-34-35)9-7-17(27)24(23)28/h2-5,7,9,11-13,15,21H,6,8,10H2,1H3,(H,29,31)(H,32,38)/t15-,21+/m1/s1. The van der Waals surface area contributed by atoms with Gasteiger partial charge in [0.05, 0.1) is 41.4 Å². The molecule has 0 bridgehead atoms. The van der Waals surface area contributed by atoms with Gasteiger partial charge < -0.3 is 14.6 Å². The molecule has 1 fully saturated rings. The number of ether oxygens (including phenoxy) is 1. The highest BCUT2D eigenvalue weighted by molar-refractivity contribution is 6.31. The Morgan fingerprint density at radius 1 is 1.23 bits per heavy atom. The van der Waals surface area contributed by atoms with E-state index in [4.69, 9.17) is 16.3 Å². The number of methoxy groups -OCH3 is 1. The number of nitrogens with zero attached hydrogens (tertiary/aromatic N) is 6. The normalized spacial score (nSPS) is 18.6. The van der Waals surface area contributed by atoms with Crippen LogP contribution in [0, 0.1) is 5.82 Å². The van der Waals surface area contributed by atoms with Crippen molar-refractivity contribution in [2.24, 2.45) is 0 Å². The first-order valence-corrected chi connectivity index (χ1v) is 12.6. The van der Waals surface area contributed by atoms with E-state index in [0.717, 1.165) is 5.56 Å². The molecule has 2 aromatic heterocycles. The zero-order valence-electron chi connectivity index (χ0n) is 20.6. The summed E-state index contributed by atoms with van der Waals surface area (Å²) in [4.78, 5) is 34.9. The van der Waals surface area contributed by atoms with E-state index in [-0.39, 0.29) is 28.6 Å². The van der Waals surface area contributed by atoms with Crippen LogP contribution in [0.15, 0.2) is 55.0 Å². The van der Waals surface area contributed by atoms with Gasteiger partial charge in [-0.25, -0.2) is 14.2 Å². The number of H-pyrrole nitrogens is 1. The largest absolute Gasteiger partial charge is 0.453 e. The van der Waals surface area contributed by atoms with Crippen molar-refractivity contribution in [2.45, 2.75) is 31.3 Å². The van der Waals surface area contributed by atoms with Gasteiger partial charge in [0.15, 0.2) is 5.82 Å². The van der Waals surface area contributed by atoms with Crippen LogP contribution in [-0.4, -0.2) is 60.2 Å². The average molecular weight is 549 g/mol. The van der Waals surface area contributed by atoms with E-state index >= 15 is 4.39 Å². The van der Waals surface area contributed by atoms with Crippen molar-refractivity contribution in [3.05, 3.63) is 77.2 Å². The summed E-state index contributed by atoms with van der Waals surface area (Å²) in [6, 6.07) is 9.90. The number of aromatic amines is 1. The lowest BCUT2D eigenvalue weighted by Crippen LogP contribution is -2.39. The molecular weight excluding hydrogens is 527 g/mol. The van der Waals surface area contributed by atoms with Crippen molar-refractivity contribution in [1.82, 2.24) is 35.1 Å². The number of amides is 2. The van der Waals surface area contributed by atoms with Crippen LogP contribution in [0.2, 0.25) is 5.02 Å². The number of hydrogen-bond acceptors (Lipinski definition) is 7. The zero-order valence-corrected chi connectivity index (χ0v) is 21.4. The van der Waals surface area contributed by atoms with Crippen molar-refractivity contribution >= 4 is 34.9 Å². The number of tetrazole rings is 1. The second-order valence-corrected chi connectivity index (χ2v) is 9.63. The summed E-state index contributed by atoms with van der Waals surface area (Å²) in [7, 11) is 1.30. The molecule has 0 unspecified atom stereocenters. The monoisotopic (exact) mass is 548 g/mol. The van der Waals surface area contributed by atoms with Gasteiger partial charge in [0.25, 0.3) is 0 Å². The Morgan fingerprint density at radius 3 is 2.87 bits per heavy atom. The molecule has 1 saturated heterocycles. The van der Waals surface area contributed by atoms with Crippen LogP contribution in [0.1, 0.15) is 36.7 Å². The van der Waals surface area contributed by atoms with Crippen molar-refractivity contribution < 1.29 is 18.7 Å². The molecule has 0 radical (unpaired) electrons. The van der Waals surface area contributed by atoms with Crippen molar-refractivity contribution in [2.75, 3.05) is 12.4 Å². The number of fused-ring (bicyclic) bond motifs is 1. The number of nitrogens with one attached hydrogen (secondary N) is 2. The number of imidazole rings is 1. The maximum absolute atomic E-state index is 15.3. The first kappa shape index (κ1) is 24.7. The van der Waals surface area contributed by atoms with Crippen molar-refractivity contribution in [3.8, 4) is 16.9 Å². The van der Waals surface area contributed by atoms with Gasteiger partial charge in [0.2, 0.25) is 5.91 Å². The van der Waals surface area contributed by atoms with E-state index in [9.17, 15) is 9.59 Å². The van der Waals surface area contributed by atoms with Gasteiger partial charge in [-0.15, -0.1) is 5.10 Å². The average Bonchev–Trinajstić information content (AvgIpc) is 3.71. The molecule has 0 spiro atoms. The Hall–Kier alpha value is -4.58. The van der Waals surface area contributed by atoms with Crippen molar-refractivity contribution in [1.29, 1.82) is 0 Å². The lowest BCUT2D eigenvalue weighted by atomic mass is 9.92. The summed E-state index contributed by atoms with van der Waals surface area (Å²) in [5.74, 6) is -0.230. The van der Waals surface area contributed by atoms with Crippen LogP contribution in [0.5, 0.6) is 0 Å². The highest BCUT2D eigenvalue weighted by atomic mass is 35.5. The number of para-hydroxylation sites is 1. The molecule has 2 N–H and O–H groups in total. The second kappa shape index (κ2) is 9.95. The molecule has 2 aliphatic heterocycles. The molecule has 39 heavy (non-hydrogen) atoms. The van der Waals surface area contributed by atoms with Crippen LogP contribution < -0.4 is 5.32 Å². The van der Waals surface area contributed by atoms with E-state index < -0.39 is 11.9 Å². The molecule has 198 valence electrons. The Morgan fingerprint density at radius 2 is 2.08 bits per heavy atom. The second-order valence-electron chi connectivity index (χ2n) is 9.22. The van der Waals surface area contributed by atoms with Gasteiger partial charge in [-0.3, -0.25) is 10.1 Å². The molecule has 0 saturated carbocycles. The lowest BCUT2D eigenvalue weighted by Gasteiger charge is -2.33. The fourth-order valence-electron chi connectivity index (χ4n) is 5.34. The van der Waals surface area contributed by atoms with Gasteiger partial charge in [-0.05, 0) is 53.5 Å². The molecule has 11 nitrogen and oxygen atoms in total. The number of aromatic nitrogens is 6. The maximum atomic E-state index is 15.3. The van der Waals surface area contributed by atoms with Crippen LogP contribution in [0.4, 0.5) is 14.9 Å². The lowest BCUT2D eigenvalue weighted by molar-refractivity contribution is -0.129. The van der Waals surface area contributed by atoms with E-state index in [0.29, 0.717) is 47.7 Å². The Balaban J connectivity index is 1.30. The first-order valence-electron chi connectivity index (χ1n) is 12.2. The first-order chi connectivity index (χ1) is 18.9. The summed E-state index contributed by atoms with van der Waals surface area (Å²) in [5.41, 5.74) is 3.13. The fourth-order valence-corrected chi connectivity index (χ4v) is 5.49. The molecular formula is C26H22ClFN8O3. The molecule has 0 aliphatic carbocycles. The minimum atomic E-state index is -0.624. The Bertz CT molecular complexity index is 1600. The highest BCUT2D eigenvalue weighted by Gasteiger charge is 2.42. The minimum absolute atomic E-state index is 0.0491. The predicted octanol–water partition coefficient (Wildman–Crippen LogP) is 4.54. The molecule has 4 heterocycles. The van der Waals surface area contributed by atoms with Gasteiger partial charge in [-0.1, -0.05) is 29.8 Å². The predicted molar refractivity (Wildman–Crippen MR) is 139 cm³/mol. The van der Waals surface area contributed by atoms with E-state index in [1.54, 1.807) is 29.3 Å². The van der Waals surface area contributed by atoms with E-state index in [1.807, 2.05) is 12.1 Å². The molecule has 2 amide bonds. The molecule has 6 rings (SSSR count). The zero-order chi connectivity index (χ0) is 27.1. The third kappa shape index (κ3) is 4.42. The van der Waals surface area contributed by atoms with Crippen LogP contribution >= 0.6 is 11.6 Å².